The number of nitrogens with two attached hydrogens (primary N) is 1. The monoisotopic (exact) mass is 255 g/mol. The highest BCUT2D eigenvalue weighted by Gasteiger charge is 2.16. The standard InChI is InChI=1S/C11H21N5O2/c1-8(12)10-7-16(15-14-10)9(2)11(17)13-5-4-6-18-3/h7-9H,4-6,12H2,1-3H3,(H,13,17). The minimum Gasteiger partial charge on any atom is -0.385 e. The highest BCUT2D eigenvalue weighted by Crippen LogP contribution is 2.08. The maximum atomic E-state index is 11.8. The topological polar surface area (TPSA) is 95.1 Å². The van der Waals surface area contributed by atoms with Crippen LogP contribution in [0, 0.1) is 0 Å². The lowest BCUT2D eigenvalue weighted by Crippen LogP contribution is -2.32. The second-order valence-electron chi connectivity index (χ2n) is 4.23. The number of hydrogen-bond acceptors (Lipinski definition) is 5. The number of methoxy groups -OCH3 is 1. The second-order valence-corrected chi connectivity index (χ2v) is 4.23. The third-order valence-corrected chi connectivity index (χ3v) is 2.60. The van der Waals surface area contributed by atoms with Crippen molar-refractivity contribution in [2.75, 3.05) is 20.3 Å². The fraction of sp³-hybridized carbons (Fsp3) is 0.727. The van der Waals surface area contributed by atoms with E-state index in [2.05, 4.69) is 15.6 Å². The molecule has 1 aromatic rings. The van der Waals surface area contributed by atoms with Gasteiger partial charge in [-0.2, -0.15) is 0 Å². The average molecular weight is 255 g/mol. The van der Waals surface area contributed by atoms with Crippen molar-refractivity contribution in [3.05, 3.63) is 11.9 Å². The Morgan fingerprint density at radius 3 is 2.89 bits per heavy atom. The van der Waals surface area contributed by atoms with E-state index in [1.165, 1.54) is 4.68 Å². The minimum atomic E-state index is -0.396. The van der Waals surface area contributed by atoms with Crippen molar-refractivity contribution in [3.8, 4) is 0 Å². The summed E-state index contributed by atoms with van der Waals surface area (Å²) in [5.41, 5.74) is 6.36. The van der Waals surface area contributed by atoms with Crippen LogP contribution in [0.1, 0.15) is 38.0 Å². The molecule has 1 heterocycles. The molecule has 1 amide bonds. The average Bonchev–Trinajstić information content (AvgIpc) is 2.83. The third kappa shape index (κ3) is 4.08. The van der Waals surface area contributed by atoms with Crippen LogP contribution in [-0.2, 0) is 9.53 Å². The van der Waals surface area contributed by atoms with Gasteiger partial charge in [0, 0.05) is 26.3 Å². The van der Waals surface area contributed by atoms with Crippen LogP contribution in [0.5, 0.6) is 0 Å². The molecule has 0 spiro atoms. The second kappa shape index (κ2) is 7.07. The summed E-state index contributed by atoms with van der Waals surface area (Å²) in [6, 6.07) is -0.580. The zero-order chi connectivity index (χ0) is 13.5. The van der Waals surface area contributed by atoms with Crippen molar-refractivity contribution in [1.82, 2.24) is 20.3 Å². The van der Waals surface area contributed by atoms with Gasteiger partial charge in [-0.15, -0.1) is 5.10 Å². The number of ether oxygens (including phenoxy) is 1. The van der Waals surface area contributed by atoms with Gasteiger partial charge in [0.2, 0.25) is 5.91 Å². The molecule has 18 heavy (non-hydrogen) atoms. The predicted molar refractivity (Wildman–Crippen MR) is 66.8 cm³/mol. The van der Waals surface area contributed by atoms with Gasteiger partial charge in [-0.3, -0.25) is 4.79 Å². The van der Waals surface area contributed by atoms with E-state index in [-0.39, 0.29) is 11.9 Å². The summed E-state index contributed by atoms with van der Waals surface area (Å²) in [7, 11) is 1.63. The molecule has 0 radical (unpaired) electrons. The van der Waals surface area contributed by atoms with E-state index in [4.69, 9.17) is 10.5 Å². The van der Waals surface area contributed by atoms with E-state index in [0.717, 1.165) is 6.42 Å². The van der Waals surface area contributed by atoms with Crippen LogP contribution in [0.15, 0.2) is 6.20 Å². The van der Waals surface area contributed by atoms with Gasteiger partial charge >= 0.3 is 0 Å². The van der Waals surface area contributed by atoms with Gasteiger partial charge in [0.05, 0.1) is 11.9 Å². The van der Waals surface area contributed by atoms with Crippen molar-refractivity contribution >= 4 is 5.91 Å². The summed E-state index contributed by atoms with van der Waals surface area (Å²) < 4.78 is 6.42. The molecule has 0 aliphatic carbocycles. The van der Waals surface area contributed by atoms with Crippen LogP contribution in [-0.4, -0.2) is 41.2 Å². The normalized spacial score (nSPS) is 14.2. The van der Waals surface area contributed by atoms with Gasteiger partial charge in [-0.25, -0.2) is 4.68 Å². The van der Waals surface area contributed by atoms with Crippen LogP contribution in [0.2, 0.25) is 0 Å². The van der Waals surface area contributed by atoms with E-state index in [1.54, 1.807) is 20.2 Å². The molecule has 0 aliphatic rings. The molecule has 7 heteroatoms. The smallest absolute Gasteiger partial charge is 0.244 e. The number of rotatable bonds is 7. The molecule has 1 rings (SSSR count). The minimum absolute atomic E-state index is 0.0905. The Balaban J connectivity index is 2.46. The number of hydrogen-bond donors (Lipinski definition) is 2. The lowest BCUT2D eigenvalue weighted by atomic mass is 10.2. The molecule has 2 unspecified atom stereocenters. The summed E-state index contributed by atoms with van der Waals surface area (Å²) >= 11 is 0. The van der Waals surface area contributed by atoms with E-state index in [9.17, 15) is 4.79 Å². The van der Waals surface area contributed by atoms with E-state index in [0.29, 0.717) is 18.8 Å². The molecular weight excluding hydrogens is 234 g/mol. The number of aromatic nitrogens is 3. The van der Waals surface area contributed by atoms with Gasteiger partial charge in [-0.1, -0.05) is 5.21 Å². The molecule has 0 saturated carbocycles. The molecule has 0 aliphatic heterocycles. The number of carbonyl (C=O) groups is 1. The van der Waals surface area contributed by atoms with Crippen LogP contribution in [0.4, 0.5) is 0 Å². The Morgan fingerprint density at radius 2 is 2.33 bits per heavy atom. The summed E-state index contributed by atoms with van der Waals surface area (Å²) in [6.45, 7) is 4.81. The van der Waals surface area contributed by atoms with Crippen LogP contribution >= 0.6 is 0 Å². The van der Waals surface area contributed by atoms with E-state index >= 15 is 0 Å². The lowest BCUT2D eigenvalue weighted by Gasteiger charge is -2.11. The van der Waals surface area contributed by atoms with Gasteiger partial charge in [0.15, 0.2) is 0 Å². The van der Waals surface area contributed by atoms with Gasteiger partial charge < -0.3 is 15.8 Å². The molecule has 1 aromatic heterocycles. The van der Waals surface area contributed by atoms with Crippen molar-refractivity contribution in [2.24, 2.45) is 5.73 Å². The number of nitrogens with one attached hydrogen (secondary N) is 1. The van der Waals surface area contributed by atoms with Crippen molar-refractivity contribution in [3.63, 3.8) is 0 Å². The third-order valence-electron chi connectivity index (χ3n) is 2.60. The maximum absolute atomic E-state index is 11.8. The molecule has 2 atom stereocenters. The zero-order valence-electron chi connectivity index (χ0n) is 11.1. The largest absolute Gasteiger partial charge is 0.385 e. The van der Waals surface area contributed by atoms with E-state index < -0.39 is 6.04 Å². The summed E-state index contributed by atoms with van der Waals surface area (Å²) in [5.74, 6) is -0.0905. The highest BCUT2D eigenvalue weighted by atomic mass is 16.5. The first-order valence-electron chi connectivity index (χ1n) is 6.00. The molecule has 7 nitrogen and oxygen atoms in total. The first-order chi connectivity index (χ1) is 8.56. The Kier molecular flexibility index (Phi) is 5.73. The Morgan fingerprint density at radius 1 is 1.61 bits per heavy atom. The van der Waals surface area contributed by atoms with Crippen LogP contribution in [0.3, 0.4) is 0 Å². The van der Waals surface area contributed by atoms with Crippen molar-refractivity contribution < 1.29 is 9.53 Å². The van der Waals surface area contributed by atoms with Crippen LogP contribution < -0.4 is 11.1 Å². The quantitative estimate of drug-likeness (QED) is 0.669. The van der Waals surface area contributed by atoms with Crippen LogP contribution in [0.25, 0.3) is 0 Å². The summed E-state index contributed by atoms with van der Waals surface area (Å²) in [4.78, 5) is 11.8. The van der Waals surface area contributed by atoms with Gasteiger partial charge in [-0.05, 0) is 20.3 Å². The molecular formula is C11H21N5O2. The Labute approximate surface area is 107 Å². The van der Waals surface area contributed by atoms with Gasteiger partial charge in [0.25, 0.3) is 0 Å². The lowest BCUT2D eigenvalue weighted by molar-refractivity contribution is -0.124. The Bertz CT molecular complexity index is 377. The molecule has 0 bridgehead atoms. The van der Waals surface area contributed by atoms with Crippen molar-refractivity contribution in [1.29, 1.82) is 0 Å². The molecule has 102 valence electrons. The summed E-state index contributed by atoms with van der Waals surface area (Å²) in [6.07, 6.45) is 2.49. The SMILES string of the molecule is COCCCNC(=O)C(C)n1cc(C(C)N)nn1. The number of nitrogens with zero attached hydrogens (tertiary/aromatic N) is 3. The Hall–Kier alpha value is -1.47. The highest BCUT2D eigenvalue weighted by molar-refractivity contribution is 5.79. The number of amides is 1. The maximum Gasteiger partial charge on any atom is 0.244 e. The molecule has 0 fully saturated rings. The zero-order valence-corrected chi connectivity index (χ0v) is 11.1. The fourth-order valence-electron chi connectivity index (χ4n) is 1.38. The first kappa shape index (κ1) is 14.6. The predicted octanol–water partition coefficient (Wildman–Crippen LogP) is 0.0115. The van der Waals surface area contributed by atoms with Crippen molar-refractivity contribution in [2.45, 2.75) is 32.4 Å². The summed E-state index contributed by atoms with van der Waals surface area (Å²) in [5, 5.41) is 10.6. The van der Waals surface area contributed by atoms with E-state index in [1.807, 2.05) is 6.92 Å². The first-order valence-corrected chi connectivity index (χ1v) is 6.00. The van der Waals surface area contributed by atoms with Gasteiger partial charge in [0.1, 0.15) is 6.04 Å². The fourth-order valence-corrected chi connectivity index (χ4v) is 1.38. The molecule has 0 saturated heterocycles. The molecule has 3 N–H and O–H groups in total. The molecule has 0 aromatic carbocycles. The number of carbonyl (C=O) groups excluding carboxylic acids is 1.